The van der Waals surface area contributed by atoms with Gasteiger partial charge >= 0.3 is 0 Å². The molecule has 1 atom stereocenters. The van der Waals surface area contributed by atoms with E-state index in [2.05, 4.69) is 17.6 Å². The van der Waals surface area contributed by atoms with E-state index in [1.807, 2.05) is 32.0 Å². The van der Waals surface area contributed by atoms with Gasteiger partial charge in [-0.2, -0.15) is 0 Å². The molecule has 1 fully saturated rings. The van der Waals surface area contributed by atoms with Gasteiger partial charge in [-0.25, -0.2) is 0 Å². The van der Waals surface area contributed by atoms with Crippen LogP contribution >= 0.6 is 0 Å². The van der Waals surface area contributed by atoms with Crippen molar-refractivity contribution in [2.45, 2.75) is 33.6 Å². The van der Waals surface area contributed by atoms with Gasteiger partial charge in [-0.05, 0) is 50.3 Å². The number of hydrogen-bond acceptors (Lipinski definition) is 2. The van der Waals surface area contributed by atoms with Gasteiger partial charge in [-0.1, -0.05) is 24.6 Å². The number of piperidine rings is 1. The number of nitrogens with one attached hydrogen (secondary N) is 2. The Kier molecular flexibility index (Phi) is 4.25. The van der Waals surface area contributed by atoms with Gasteiger partial charge in [-0.15, -0.1) is 0 Å². The third-order valence-electron chi connectivity index (χ3n) is 4.00. The Morgan fingerprint density at radius 1 is 1.42 bits per heavy atom. The van der Waals surface area contributed by atoms with Crippen molar-refractivity contribution in [2.24, 2.45) is 5.41 Å². The first-order chi connectivity index (χ1) is 9.00. The Labute approximate surface area is 115 Å². The van der Waals surface area contributed by atoms with E-state index in [4.69, 9.17) is 0 Å². The fourth-order valence-corrected chi connectivity index (χ4v) is 2.64. The highest BCUT2D eigenvalue weighted by Crippen LogP contribution is 2.24. The fraction of sp³-hybridized carbons (Fsp3) is 0.562. The topological polar surface area (TPSA) is 41.1 Å². The largest absolute Gasteiger partial charge is 0.351 e. The average molecular weight is 260 g/mol. The van der Waals surface area contributed by atoms with Gasteiger partial charge in [0.25, 0.3) is 5.91 Å². The smallest absolute Gasteiger partial charge is 0.251 e. The van der Waals surface area contributed by atoms with E-state index < -0.39 is 0 Å². The Hall–Kier alpha value is -1.35. The zero-order valence-electron chi connectivity index (χ0n) is 12.2. The van der Waals surface area contributed by atoms with E-state index in [1.54, 1.807) is 0 Å². The van der Waals surface area contributed by atoms with Crippen molar-refractivity contribution >= 4 is 5.91 Å². The summed E-state index contributed by atoms with van der Waals surface area (Å²) in [7, 11) is 0. The molecule has 1 aliphatic rings. The third-order valence-corrected chi connectivity index (χ3v) is 4.00. The quantitative estimate of drug-likeness (QED) is 0.876. The molecule has 0 radical (unpaired) electrons. The van der Waals surface area contributed by atoms with Crippen LogP contribution in [-0.4, -0.2) is 25.5 Å². The maximum atomic E-state index is 12.3. The van der Waals surface area contributed by atoms with Crippen molar-refractivity contribution in [3.05, 3.63) is 34.9 Å². The van der Waals surface area contributed by atoms with Crippen LogP contribution in [0.25, 0.3) is 0 Å². The summed E-state index contributed by atoms with van der Waals surface area (Å²) < 4.78 is 0. The van der Waals surface area contributed by atoms with Crippen molar-refractivity contribution in [1.29, 1.82) is 0 Å². The first-order valence-electron chi connectivity index (χ1n) is 7.06. The van der Waals surface area contributed by atoms with E-state index >= 15 is 0 Å². The SMILES string of the molecule is Cc1ccc(C)c(C(=O)NCC2(C)CCCNC2)c1. The van der Waals surface area contributed by atoms with E-state index in [9.17, 15) is 4.79 Å². The van der Waals surface area contributed by atoms with Crippen molar-refractivity contribution in [3.8, 4) is 0 Å². The zero-order valence-corrected chi connectivity index (χ0v) is 12.2. The van der Waals surface area contributed by atoms with Crippen LogP contribution in [0.3, 0.4) is 0 Å². The van der Waals surface area contributed by atoms with Crippen LogP contribution in [0.5, 0.6) is 0 Å². The summed E-state index contributed by atoms with van der Waals surface area (Å²) in [4.78, 5) is 12.3. The number of carbonyl (C=O) groups excluding carboxylic acids is 1. The lowest BCUT2D eigenvalue weighted by Gasteiger charge is -2.34. The number of hydrogen-bond donors (Lipinski definition) is 2. The first kappa shape index (κ1) is 14.1. The van der Waals surface area contributed by atoms with E-state index in [0.29, 0.717) is 0 Å². The zero-order chi connectivity index (χ0) is 13.9. The summed E-state index contributed by atoms with van der Waals surface area (Å²) in [5.74, 6) is 0.0491. The molecule has 0 spiro atoms. The summed E-state index contributed by atoms with van der Waals surface area (Å²) in [6.07, 6.45) is 2.36. The van der Waals surface area contributed by atoms with E-state index in [1.165, 1.54) is 12.8 Å². The van der Waals surface area contributed by atoms with Crippen molar-refractivity contribution < 1.29 is 4.79 Å². The van der Waals surface area contributed by atoms with Crippen molar-refractivity contribution in [2.75, 3.05) is 19.6 Å². The molecule has 1 amide bonds. The molecule has 3 nitrogen and oxygen atoms in total. The molecule has 1 unspecified atom stereocenters. The van der Waals surface area contributed by atoms with Crippen LogP contribution in [0.1, 0.15) is 41.3 Å². The minimum absolute atomic E-state index is 0.0491. The molecule has 104 valence electrons. The summed E-state index contributed by atoms with van der Waals surface area (Å²) >= 11 is 0. The fourth-order valence-electron chi connectivity index (χ4n) is 2.64. The van der Waals surface area contributed by atoms with Gasteiger partial charge in [0.1, 0.15) is 0 Å². The van der Waals surface area contributed by atoms with Crippen LogP contribution in [-0.2, 0) is 0 Å². The molecule has 0 bridgehead atoms. The summed E-state index contributed by atoms with van der Waals surface area (Å²) in [6.45, 7) is 9.07. The molecule has 1 saturated heterocycles. The number of benzene rings is 1. The van der Waals surface area contributed by atoms with E-state index in [0.717, 1.165) is 36.3 Å². The van der Waals surface area contributed by atoms with Gasteiger partial charge in [-0.3, -0.25) is 4.79 Å². The predicted molar refractivity (Wildman–Crippen MR) is 78.5 cm³/mol. The molecular formula is C16H24N2O. The van der Waals surface area contributed by atoms with Gasteiger partial charge in [0.05, 0.1) is 0 Å². The highest BCUT2D eigenvalue weighted by molar-refractivity contribution is 5.95. The molecule has 1 aliphatic heterocycles. The third kappa shape index (κ3) is 3.57. The molecule has 1 aromatic rings. The molecule has 2 rings (SSSR count). The summed E-state index contributed by atoms with van der Waals surface area (Å²) in [6, 6.07) is 6.01. The van der Waals surface area contributed by atoms with Gasteiger partial charge in [0.2, 0.25) is 0 Å². The number of aryl methyl sites for hydroxylation is 2. The summed E-state index contributed by atoms with van der Waals surface area (Å²) in [5.41, 5.74) is 3.15. The second-order valence-corrected chi connectivity index (χ2v) is 6.09. The second kappa shape index (κ2) is 5.74. The molecule has 19 heavy (non-hydrogen) atoms. The number of carbonyl (C=O) groups is 1. The maximum Gasteiger partial charge on any atom is 0.251 e. The highest BCUT2D eigenvalue weighted by Gasteiger charge is 2.27. The molecule has 0 aliphatic carbocycles. The molecule has 1 aromatic carbocycles. The molecular weight excluding hydrogens is 236 g/mol. The Bertz CT molecular complexity index is 462. The van der Waals surface area contributed by atoms with Crippen LogP contribution in [0.4, 0.5) is 0 Å². The lowest BCUT2D eigenvalue weighted by Crippen LogP contribution is -2.45. The number of rotatable bonds is 3. The van der Waals surface area contributed by atoms with Crippen LogP contribution in [0, 0.1) is 19.3 Å². The molecule has 0 saturated carbocycles. The van der Waals surface area contributed by atoms with Gasteiger partial charge < -0.3 is 10.6 Å². The number of amides is 1. The van der Waals surface area contributed by atoms with Crippen molar-refractivity contribution in [1.82, 2.24) is 10.6 Å². The summed E-state index contributed by atoms with van der Waals surface area (Å²) in [5, 5.41) is 6.51. The highest BCUT2D eigenvalue weighted by atomic mass is 16.1. The van der Waals surface area contributed by atoms with Crippen LogP contribution in [0.15, 0.2) is 18.2 Å². The Balaban J connectivity index is 1.99. The van der Waals surface area contributed by atoms with Crippen molar-refractivity contribution in [3.63, 3.8) is 0 Å². The second-order valence-electron chi connectivity index (χ2n) is 6.09. The standard InChI is InChI=1S/C16H24N2O/c1-12-5-6-13(2)14(9-12)15(19)18-11-16(3)7-4-8-17-10-16/h5-6,9,17H,4,7-8,10-11H2,1-3H3,(H,18,19). The van der Waals surface area contributed by atoms with Crippen LogP contribution in [0.2, 0.25) is 0 Å². The monoisotopic (exact) mass is 260 g/mol. The Morgan fingerprint density at radius 3 is 2.89 bits per heavy atom. The minimum atomic E-state index is 0.0491. The molecule has 1 heterocycles. The molecule has 0 aromatic heterocycles. The Morgan fingerprint density at radius 2 is 2.21 bits per heavy atom. The predicted octanol–water partition coefficient (Wildman–Crippen LogP) is 2.42. The molecule has 2 N–H and O–H groups in total. The normalized spacial score (nSPS) is 23.1. The average Bonchev–Trinajstić information content (AvgIpc) is 2.40. The first-order valence-corrected chi connectivity index (χ1v) is 7.06. The van der Waals surface area contributed by atoms with Gasteiger partial charge in [0.15, 0.2) is 0 Å². The lowest BCUT2D eigenvalue weighted by molar-refractivity contribution is 0.0924. The van der Waals surface area contributed by atoms with Gasteiger partial charge in [0, 0.05) is 18.7 Å². The van der Waals surface area contributed by atoms with E-state index in [-0.39, 0.29) is 11.3 Å². The lowest BCUT2D eigenvalue weighted by atomic mass is 9.82. The van der Waals surface area contributed by atoms with Crippen LogP contribution < -0.4 is 10.6 Å². The maximum absolute atomic E-state index is 12.3. The molecule has 3 heteroatoms. The minimum Gasteiger partial charge on any atom is -0.351 e.